The summed E-state index contributed by atoms with van der Waals surface area (Å²) in [6, 6.07) is 65.2. The van der Waals surface area contributed by atoms with Crippen LogP contribution in [0.2, 0.25) is 0 Å². The SMILES string of the molecule is CC(C)(C)c1ccc(N2B3c4ccc5c(c4N(c4ccc(C(C)(C)C)cc4-c4ccccc4)c4cc(C(C)(C)C)cc(c43)-c3ccc(-c4ccccc4)cc32)-c2ccccc2C5(C)C)cc1. The highest BCUT2D eigenvalue weighted by molar-refractivity contribution is 6.93. The Bertz CT molecular complexity index is 3210. The Morgan fingerprint density at radius 2 is 1.02 bits per heavy atom. The predicted octanol–water partition coefficient (Wildman–Crippen LogP) is 15.9. The number of nitrogens with zero attached hydrogens (tertiary/aromatic N) is 2. The van der Waals surface area contributed by atoms with Gasteiger partial charge in [0.2, 0.25) is 0 Å². The van der Waals surface area contributed by atoms with E-state index in [-0.39, 0.29) is 28.5 Å². The second-order valence-electron chi connectivity index (χ2n) is 22.7. The van der Waals surface area contributed by atoms with Crippen molar-refractivity contribution in [3.8, 4) is 44.5 Å². The van der Waals surface area contributed by atoms with E-state index in [1.54, 1.807) is 0 Å². The van der Waals surface area contributed by atoms with Crippen LogP contribution < -0.4 is 20.6 Å². The molecule has 0 saturated heterocycles. The molecular weight excluding hydrogens is 796 g/mol. The van der Waals surface area contributed by atoms with E-state index >= 15 is 0 Å². The fraction of sp³-hybridized carbons (Fsp3) is 0.238. The van der Waals surface area contributed by atoms with Gasteiger partial charge in [0, 0.05) is 39.2 Å². The summed E-state index contributed by atoms with van der Waals surface area (Å²) in [6.07, 6.45) is 0. The van der Waals surface area contributed by atoms with E-state index in [9.17, 15) is 0 Å². The van der Waals surface area contributed by atoms with Gasteiger partial charge in [-0.05, 0) is 119 Å². The van der Waals surface area contributed by atoms with E-state index in [1.807, 2.05) is 0 Å². The van der Waals surface area contributed by atoms with Crippen LogP contribution in [-0.4, -0.2) is 6.85 Å². The molecule has 0 fully saturated rings. The number of rotatable bonds is 4. The standard InChI is InChI=1S/C63H61BN2/c1-60(2,3)43-27-30-46(31-28-43)66-55-36-42(40-20-14-12-15-21-40)26-32-47(55)50-38-45(62(7,8)9)39-56-58(50)64(66)53-34-33-52-57(48-24-18-19-25-51(48)63(52,10)11)59(53)65(56)54-35-29-44(61(4,5)6)37-49(54)41-22-16-13-17-23-41/h12-39H,1-11H3. The normalized spacial score (nSPS) is 14.6. The van der Waals surface area contributed by atoms with Crippen molar-refractivity contribution < 1.29 is 0 Å². The fourth-order valence-corrected chi connectivity index (χ4v) is 11.2. The summed E-state index contributed by atoms with van der Waals surface area (Å²) in [5, 5.41) is 0. The smallest absolute Gasteiger partial charge is 0.333 e. The Balaban J connectivity index is 1.31. The Morgan fingerprint density at radius 3 is 1.68 bits per heavy atom. The quantitative estimate of drug-likeness (QED) is 0.163. The monoisotopic (exact) mass is 856 g/mol. The van der Waals surface area contributed by atoms with Gasteiger partial charge in [0.05, 0.1) is 11.4 Å². The van der Waals surface area contributed by atoms with E-state index < -0.39 is 0 Å². The molecule has 0 amide bonds. The van der Waals surface area contributed by atoms with Crippen molar-refractivity contribution >= 4 is 46.2 Å². The van der Waals surface area contributed by atoms with Crippen LogP contribution in [0.25, 0.3) is 44.5 Å². The predicted molar refractivity (Wildman–Crippen MR) is 285 cm³/mol. The fourth-order valence-electron chi connectivity index (χ4n) is 11.2. The molecule has 0 N–H and O–H groups in total. The second kappa shape index (κ2) is 14.7. The molecule has 2 heterocycles. The summed E-state index contributed by atoms with van der Waals surface area (Å²) < 4.78 is 0. The maximum atomic E-state index is 2.70. The summed E-state index contributed by atoms with van der Waals surface area (Å²) in [4.78, 5) is 5.39. The first-order valence-electron chi connectivity index (χ1n) is 24.0. The molecule has 0 unspecified atom stereocenters. The molecule has 8 aromatic rings. The zero-order chi connectivity index (χ0) is 46.1. The van der Waals surface area contributed by atoms with Gasteiger partial charge in [-0.2, -0.15) is 0 Å². The summed E-state index contributed by atoms with van der Waals surface area (Å²) in [5.41, 5.74) is 25.4. The van der Waals surface area contributed by atoms with Crippen LogP contribution in [0, 0.1) is 0 Å². The highest BCUT2D eigenvalue weighted by Gasteiger charge is 2.49. The summed E-state index contributed by atoms with van der Waals surface area (Å²) >= 11 is 0. The molecule has 3 heteroatoms. The first-order valence-corrected chi connectivity index (χ1v) is 24.0. The van der Waals surface area contributed by atoms with Crippen LogP contribution in [0.5, 0.6) is 0 Å². The van der Waals surface area contributed by atoms with Gasteiger partial charge in [0.15, 0.2) is 0 Å². The van der Waals surface area contributed by atoms with E-state index in [0.717, 1.165) is 0 Å². The molecule has 326 valence electrons. The third-order valence-corrected chi connectivity index (χ3v) is 14.9. The van der Waals surface area contributed by atoms with Crippen molar-refractivity contribution in [2.75, 3.05) is 9.71 Å². The Hall–Kier alpha value is -6.58. The van der Waals surface area contributed by atoms with Gasteiger partial charge in [-0.15, -0.1) is 0 Å². The minimum atomic E-state index is -0.185. The van der Waals surface area contributed by atoms with Gasteiger partial charge >= 0.3 is 6.85 Å². The van der Waals surface area contributed by atoms with Gasteiger partial charge < -0.3 is 9.71 Å². The first kappa shape index (κ1) is 42.1. The number of hydrogen-bond acceptors (Lipinski definition) is 2. The lowest BCUT2D eigenvalue weighted by Crippen LogP contribution is -2.62. The molecule has 1 aliphatic carbocycles. The van der Waals surface area contributed by atoms with Gasteiger partial charge in [0.25, 0.3) is 0 Å². The Kier molecular flexibility index (Phi) is 9.38. The minimum Gasteiger partial charge on any atom is -0.376 e. The first-order chi connectivity index (χ1) is 31.4. The highest BCUT2D eigenvalue weighted by Crippen LogP contribution is 2.57. The van der Waals surface area contributed by atoms with Crippen LogP contribution in [0.4, 0.5) is 28.4 Å². The highest BCUT2D eigenvalue weighted by atomic mass is 15.2. The molecule has 2 aliphatic heterocycles. The molecule has 0 spiro atoms. The molecule has 0 radical (unpaired) electrons. The average molecular weight is 857 g/mol. The number of hydrogen-bond donors (Lipinski definition) is 0. The van der Waals surface area contributed by atoms with E-state index in [1.165, 1.54) is 112 Å². The van der Waals surface area contributed by atoms with Gasteiger partial charge in [-0.25, -0.2) is 0 Å². The summed E-state index contributed by atoms with van der Waals surface area (Å²) in [7, 11) is 0. The van der Waals surface area contributed by atoms with Crippen molar-refractivity contribution in [2.24, 2.45) is 0 Å². The van der Waals surface area contributed by atoms with Gasteiger partial charge in [-0.1, -0.05) is 210 Å². The molecule has 0 aromatic heterocycles. The molecular formula is C63H61BN2. The van der Waals surface area contributed by atoms with Crippen LogP contribution >= 0.6 is 0 Å². The van der Waals surface area contributed by atoms with Gasteiger partial charge in [0.1, 0.15) is 0 Å². The molecule has 0 saturated carbocycles. The largest absolute Gasteiger partial charge is 0.376 e. The topological polar surface area (TPSA) is 6.48 Å². The molecule has 3 aliphatic rings. The third kappa shape index (κ3) is 6.52. The van der Waals surface area contributed by atoms with Crippen LogP contribution in [0.3, 0.4) is 0 Å². The molecule has 66 heavy (non-hydrogen) atoms. The second-order valence-corrected chi connectivity index (χ2v) is 22.7. The van der Waals surface area contributed by atoms with Crippen LogP contribution in [-0.2, 0) is 21.7 Å². The van der Waals surface area contributed by atoms with Crippen molar-refractivity contribution in [3.63, 3.8) is 0 Å². The lowest BCUT2D eigenvalue weighted by molar-refractivity contribution is 0.590. The number of benzene rings is 8. The van der Waals surface area contributed by atoms with Gasteiger partial charge in [-0.3, -0.25) is 0 Å². The molecule has 2 nitrogen and oxygen atoms in total. The van der Waals surface area contributed by atoms with Crippen molar-refractivity contribution in [3.05, 3.63) is 198 Å². The van der Waals surface area contributed by atoms with Crippen molar-refractivity contribution in [2.45, 2.75) is 97.8 Å². The average Bonchev–Trinajstić information content (AvgIpc) is 3.54. The van der Waals surface area contributed by atoms with E-state index in [0.29, 0.717) is 0 Å². The summed E-state index contributed by atoms with van der Waals surface area (Å²) in [6.45, 7) is 25.7. The van der Waals surface area contributed by atoms with E-state index in [2.05, 4.69) is 256 Å². The lowest BCUT2D eigenvalue weighted by atomic mass is 9.43. The van der Waals surface area contributed by atoms with Crippen molar-refractivity contribution in [1.29, 1.82) is 0 Å². The molecule has 0 atom stereocenters. The van der Waals surface area contributed by atoms with Crippen molar-refractivity contribution in [1.82, 2.24) is 0 Å². The lowest BCUT2D eigenvalue weighted by Gasteiger charge is -2.47. The molecule has 11 rings (SSSR count). The summed E-state index contributed by atoms with van der Waals surface area (Å²) in [5.74, 6) is 0. The molecule has 0 bridgehead atoms. The zero-order valence-corrected chi connectivity index (χ0v) is 40.6. The van der Waals surface area contributed by atoms with E-state index in [4.69, 9.17) is 0 Å². The van der Waals surface area contributed by atoms with Crippen LogP contribution in [0.15, 0.2) is 170 Å². The number of fused-ring (bicyclic) bond motifs is 8. The Labute approximate surface area is 394 Å². The third-order valence-electron chi connectivity index (χ3n) is 14.9. The maximum absolute atomic E-state index is 2.70. The zero-order valence-electron chi connectivity index (χ0n) is 40.6. The Morgan fingerprint density at radius 1 is 0.409 bits per heavy atom. The number of anilines is 5. The minimum absolute atomic E-state index is 0.0274. The molecule has 8 aromatic carbocycles. The van der Waals surface area contributed by atoms with Crippen LogP contribution in [0.1, 0.15) is 104 Å². The maximum Gasteiger partial charge on any atom is 0.333 e.